The van der Waals surface area contributed by atoms with Gasteiger partial charge in [0.2, 0.25) is 10.0 Å². The highest BCUT2D eigenvalue weighted by Crippen LogP contribution is 2.41. The molecule has 0 spiro atoms. The van der Waals surface area contributed by atoms with Gasteiger partial charge in [-0.15, -0.1) is 0 Å². The second kappa shape index (κ2) is 2.93. The maximum absolute atomic E-state index is 11.6. The summed E-state index contributed by atoms with van der Waals surface area (Å²) in [5.74, 6) is 0. The van der Waals surface area contributed by atoms with Crippen molar-refractivity contribution in [2.24, 2.45) is 5.41 Å². The van der Waals surface area contributed by atoms with Gasteiger partial charge in [0.25, 0.3) is 0 Å². The quantitative estimate of drug-likeness (QED) is 0.714. The Balaban J connectivity index is 1.99. The van der Waals surface area contributed by atoms with Crippen LogP contribution in [0.2, 0.25) is 0 Å². The van der Waals surface area contributed by atoms with Crippen LogP contribution < -0.4 is 4.72 Å². The topological polar surface area (TPSA) is 66.4 Å². The Kier molecular flexibility index (Phi) is 2.18. The van der Waals surface area contributed by atoms with Crippen molar-refractivity contribution in [3.05, 3.63) is 0 Å². The first-order valence-electron chi connectivity index (χ1n) is 5.03. The van der Waals surface area contributed by atoms with Crippen LogP contribution in [0.1, 0.15) is 33.1 Å². The van der Waals surface area contributed by atoms with Crippen LogP contribution in [0.15, 0.2) is 0 Å². The van der Waals surface area contributed by atoms with Crippen molar-refractivity contribution >= 4 is 10.0 Å². The van der Waals surface area contributed by atoms with Crippen LogP contribution in [0.5, 0.6) is 0 Å². The third-order valence-electron chi connectivity index (χ3n) is 3.49. The average molecular weight is 219 g/mol. The lowest BCUT2D eigenvalue weighted by molar-refractivity contribution is -0.0645. The second-order valence-corrected chi connectivity index (χ2v) is 6.98. The highest BCUT2D eigenvalue weighted by atomic mass is 32.2. The minimum atomic E-state index is -3.10. The van der Waals surface area contributed by atoms with Crippen molar-refractivity contribution in [2.75, 3.05) is 0 Å². The molecular formula is C9H17NO3S. The molecule has 0 radical (unpaired) electrons. The number of nitrogens with one attached hydrogen (secondary N) is 1. The molecule has 2 saturated carbocycles. The standard InChI is InChI=1S/C9H17NO3S/c1-9(2)7(5-8(9)11)10-14(12,13)6-3-4-6/h6-8,10-11H,3-5H2,1-2H3. The molecule has 2 aliphatic carbocycles. The first-order valence-corrected chi connectivity index (χ1v) is 6.58. The molecule has 0 aromatic carbocycles. The molecule has 2 rings (SSSR count). The minimum absolute atomic E-state index is 0.0944. The molecule has 14 heavy (non-hydrogen) atoms. The lowest BCUT2D eigenvalue weighted by atomic mass is 9.65. The van der Waals surface area contributed by atoms with Gasteiger partial charge < -0.3 is 5.11 Å². The van der Waals surface area contributed by atoms with Crippen LogP contribution in [0.3, 0.4) is 0 Å². The summed E-state index contributed by atoms with van der Waals surface area (Å²) in [6.45, 7) is 3.78. The van der Waals surface area contributed by atoms with Gasteiger partial charge in [0.1, 0.15) is 0 Å². The Morgan fingerprint density at radius 1 is 1.36 bits per heavy atom. The smallest absolute Gasteiger partial charge is 0.214 e. The molecule has 0 aromatic heterocycles. The van der Waals surface area contributed by atoms with E-state index < -0.39 is 10.0 Å². The molecule has 0 bridgehead atoms. The predicted octanol–water partition coefficient (Wildman–Crippen LogP) is 0.228. The van der Waals surface area contributed by atoms with Crippen LogP contribution in [-0.4, -0.2) is 30.9 Å². The third kappa shape index (κ3) is 1.57. The number of aliphatic hydroxyl groups excluding tert-OH is 1. The van der Waals surface area contributed by atoms with Gasteiger partial charge in [0.05, 0.1) is 11.4 Å². The van der Waals surface area contributed by atoms with E-state index in [0.717, 1.165) is 12.8 Å². The molecular weight excluding hydrogens is 202 g/mol. The number of sulfonamides is 1. The summed E-state index contributed by atoms with van der Waals surface area (Å²) < 4.78 is 25.9. The maximum atomic E-state index is 11.6. The van der Waals surface area contributed by atoms with Crippen molar-refractivity contribution < 1.29 is 13.5 Å². The molecule has 2 unspecified atom stereocenters. The molecule has 5 heteroatoms. The number of rotatable bonds is 3. The summed E-state index contributed by atoms with van der Waals surface area (Å²) in [7, 11) is -3.10. The van der Waals surface area contributed by atoms with Gasteiger partial charge >= 0.3 is 0 Å². The number of hydrogen-bond acceptors (Lipinski definition) is 3. The van der Waals surface area contributed by atoms with E-state index in [1.165, 1.54) is 0 Å². The fraction of sp³-hybridized carbons (Fsp3) is 1.00. The predicted molar refractivity (Wildman–Crippen MR) is 53.3 cm³/mol. The van der Waals surface area contributed by atoms with E-state index in [4.69, 9.17) is 0 Å². The van der Waals surface area contributed by atoms with E-state index in [1.807, 2.05) is 13.8 Å². The summed E-state index contributed by atoms with van der Waals surface area (Å²) in [4.78, 5) is 0. The molecule has 0 aromatic rings. The SMILES string of the molecule is CC1(C)C(O)CC1NS(=O)(=O)C1CC1. The Labute approximate surface area is 84.8 Å². The van der Waals surface area contributed by atoms with Crippen molar-refractivity contribution in [1.82, 2.24) is 4.72 Å². The van der Waals surface area contributed by atoms with E-state index in [-0.39, 0.29) is 22.8 Å². The number of hydrogen-bond donors (Lipinski definition) is 2. The van der Waals surface area contributed by atoms with Crippen LogP contribution in [0, 0.1) is 5.41 Å². The van der Waals surface area contributed by atoms with E-state index in [2.05, 4.69) is 4.72 Å². The molecule has 0 amide bonds. The zero-order chi connectivity index (χ0) is 10.6. The molecule has 4 nitrogen and oxygen atoms in total. The van der Waals surface area contributed by atoms with Gasteiger partial charge in [-0.3, -0.25) is 0 Å². The molecule has 2 aliphatic rings. The summed E-state index contributed by atoms with van der Waals surface area (Å²) in [5.41, 5.74) is -0.318. The van der Waals surface area contributed by atoms with E-state index in [9.17, 15) is 13.5 Å². The third-order valence-corrected chi connectivity index (χ3v) is 5.45. The molecule has 82 valence electrons. The van der Waals surface area contributed by atoms with Crippen molar-refractivity contribution in [3.63, 3.8) is 0 Å². The van der Waals surface area contributed by atoms with Crippen LogP contribution in [-0.2, 0) is 10.0 Å². The first kappa shape index (κ1) is 10.4. The van der Waals surface area contributed by atoms with Gasteiger partial charge in [-0.1, -0.05) is 13.8 Å². The zero-order valence-electron chi connectivity index (χ0n) is 8.53. The summed E-state index contributed by atoms with van der Waals surface area (Å²) >= 11 is 0. The van der Waals surface area contributed by atoms with Crippen LogP contribution >= 0.6 is 0 Å². The molecule has 0 aliphatic heterocycles. The summed E-state index contributed by atoms with van der Waals surface area (Å²) in [6, 6.07) is -0.0944. The molecule has 2 N–H and O–H groups in total. The monoisotopic (exact) mass is 219 g/mol. The van der Waals surface area contributed by atoms with Crippen molar-refractivity contribution in [3.8, 4) is 0 Å². The zero-order valence-corrected chi connectivity index (χ0v) is 9.34. The highest BCUT2D eigenvalue weighted by Gasteiger charge is 2.50. The first-order chi connectivity index (χ1) is 6.34. The molecule has 2 atom stereocenters. The second-order valence-electron chi connectivity index (χ2n) is 4.99. The largest absolute Gasteiger partial charge is 0.392 e. The van der Waals surface area contributed by atoms with Crippen LogP contribution in [0.4, 0.5) is 0 Å². The van der Waals surface area contributed by atoms with Crippen molar-refractivity contribution in [2.45, 2.75) is 50.5 Å². The lowest BCUT2D eigenvalue weighted by Crippen LogP contribution is -2.61. The van der Waals surface area contributed by atoms with Crippen LogP contribution in [0.25, 0.3) is 0 Å². The average Bonchev–Trinajstić information content (AvgIpc) is 2.85. The fourth-order valence-corrected chi connectivity index (χ4v) is 3.52. The maximum Gasteiger partial charge on any atom is 0.214 e. The molecule has 0 saturated heterocycles. The van der Waals surface area contributed by atoms with E-state index in [0.29, 0.717) is 6.42 Å². The van der Waals surface area contributed by atoms with E-state index in [1.54, 1.807) is 0 Å². The normalized spacial score (nSPS) is 36.5. The Morgan fingerprint density at radius 3 is 2.29 bits per heavy atom. The van der Waals surface area contributed by atoms with Gasteiger partial charge in [-0.2, -0.15) is 0 Å². The Hall–Kier alpha value is -0.130. The van der Waals surface area contributed by atoms with E-state index >= 15 is 0 Å². The van der Waals surface area contributed by atoms with Gasteiger partial charge in [0.15, 0.2) is 0 Å². The number of aliphatic hydroxyl groups is 1. The van der Waals surface area contributed by atoms with Gasteiger partial charge in [-0.05, 0) is 19.3 Å². The summed E-state index contributed by atoms with van der Waals surface area (Å²) in [5, 5.41) is 9.29. The Morgan fingerprint density at radius 2 is 1.93 bits per heavy atom. The van der Waals surface area contributed by atoms with Gasteiger partial charge in [0, 0.05) is 11.5 Å². The fourth-order valence-electron chi connectivity index (χ4n) is 1.78. The molecule has 0 heterocycles. The van der Waals surface area contributed by atoms with Gasteiger partial charge in [-0.25, -0.2) is 13.1 Å². The minimum Gasteiger partial charge on any atom is -0.392 e. The summed E-state index contributed by atoms with van der Waals surface area (Å²) in [6.07, 6.45) is 1.73. The molecule has 2 fully saturated rings. The Bertz CT molecular complexity index is 332. The van der Waals surface area contributed by atoms with Crippen molar-refractivity contribution in [1.29, 1.82) is 0 Å². The highest BCUT2D eigenvalue weighted by molar-refractivity contribution is 7.90. The lowest BCUT2D eigenvalue weighted by Gasteiger charge is -2.49.